The lowest BCUT2D eigenvalue weighted by Crippen LogP contribution is -2.48. The molecule has 3 aromatic heterocycles. The molecule has 5 rings (SSSR count). The summed E-state index contributed by atoms with van der Waals surface area (Å²) in [6, 6.07) is 4.62. The van der Waals surface area contributed by atoms with Gasteiger partial charge in [-0.3, -0.25) is 4.98 Å². The number of nitrogens with zero attached hydrogens (tertiary/aromatic N) is 5. The van der Waals surface area contributed by atoms with Crippen molar-refractivity contribution in [2.24, 2.45) is 11.8 Å². The molecule has 2 aliphatic rings. The number of hydrogen-bond donors (Lipinski definition) is 2. The molecule has 3 atom stereocenters. The summed E-state index contributed by atoms with van der Waals surface area (Å²) in [5, 5.41) is 18.4. The van der Waals surface area contributed by atoms with Crippen LogP contribution in [0.15, 0.2) is 24.4 Å². The summed E-state index contributed by atoms with van der Waals surface area (Å²) in [5.41, 5.74) is 0.423. The highest BCUT2D eigenvalue weighted by atomic mass is 19.4. The van der Waals surface area contributed by atoms with Gasteiger partial charge < -0.3 is 20.1 Å². The van der Waals surface area contributed by atoms with Crippen molar-refractivity contribution in [1.29, 1.82) is 0 Å². The van der Waals surface area contributed by atoms with Gasteiger partial charge in [-0.2, -0.15) is 18.2 Å². The number of alkyl halides is 3. The highest BCUT2D eigenvalue weighted by Gasteiger charge is 2.43. The first-order valence-corrected chi connectivity index (χ1v) is 11.8. The van der Waals surface area contributed by atoms with E-state index < -0.39 is 18.4 Å². The zero-order valence-corrected chi connectivity index (χ0v) is 20.2. The van der Waals surface area contributed by atoms with Crippen LogP contribution in [-0.2, 0) is 5.60 Å². The van der Waals surface area contributed by atoms with Crippen LogP contribution in [0.25, 0.3) is 5.65 Å². The number of nitrogens with one attached hydrogen (secondary N) is 1. The van der Waals surface area contributed by atoms with E-state index in [1.54, 1.807) is 19.9 Å². The second-order valence-electron chi connectivity index (χ2n) is 10.2. The fraction of sp³-hybridized carbons (Fsp3) is 0.542. The zero-order valence-electron chi connectivity index (χ0n) is 20.2. The summed E-state index contributed by atoms with van der Waals surface area (Å²) in [4.78, 5) is 10.5. The van der Waals surface area contributed by atoms with Gasteiger partial charge in [-0.15, -0.1) is 5.10 Å². The van der Waals surface area contributed by atoms with Gasteiger partial charge in [-0.1, -0.05) is 0 Å². The monoisotopic (exact) mass is 508 g/mol. The number of rotatable bonds is 6. The molecule has 3 aromatic rings. The molecule has 36 heavy (non-hydrogen) atoms. The van der Waals surface area contributed by atoms with Crippen molar-refractivity contribution in [3.05, 3.63) is 41.6 Å². The smallest absolute Gasteiger partial charge is 0.422 e. The third-order valence-electron chi connectivity index (χ3n) is 6.91. The topological polar surface area (TPSA) is 87.8 Å². The minimum absolute atomic E-state index is 0.0230. The number of hydrogen-bond acceptors (Lipinski definition) is 7. The average Bonchev–Trinajstić information content (AvgIpc) is 3.29. The number of piperidine rings is 1. The second kappa shape index (κ2) is 8.75. The summed E-state index contributed by atoms with van der Waals surface area (Å²) >= 11 is 0. The Morgan fingerprint density at radius 3 is 2.50 bits per heavy atom. The fourth-order valence-electron chi connectivity index (χ4n) is 5.31. The van der Waals surface area contributed by atoms with Crippen molar-refractivity contribution in [3.8, 4) is 5.75 Å². The predicted octanol–water partition coefficient (Wildman–Crippen LogP) is 4.07. The number of halogens is 4. The van der Waals surface area contributed by atoms with Crippen LogP contribution in [0, 0.1) is 24.6 Å². The third-order valence-corrected chi connectivity index (χ3v) is 6.91. The molecule has 1 saturated carbocycles. The van der Waals surface area contributed by atoms with E-state index >= 15 is 0 Å². The molecule has 12 heteroatoms. The van der Waals surface area contributed by atoms with Crippen molar-refractivity contribution >= 4 is 17.3 Å². The molecule has 2 bridgehead atoms. The molecule has 4 heterocycles. The Labute approximate surface area is 205 Å². The lowest BCUT2D eigenvalue weighted by molar-refractivity contribution is -0.153. The zero-order chi connectivity index (χ0) is 25.8. The van der Waals surface area contributed by atoms with Crippen LogP contribution in [0.5, 0.6) is 5.75 Å². The van der Waals surface area contributed by atoms with Gasteiger partial charge in [0.05, 0.1) is 17.6 Å². The van der Waals surface area contributed by atoms with Gasteiger partial charge in [-0.25, -0.2) is 8.91 Å². The van der Waals surface area contributed by atoms with Gasteiger partial charge in [0, 0.05) is 24.8 Å². The standard InChI is InChI=1S/C24H28F4N6O2/c1-13-8-17(16(25)9-29-13)33-10-14-4-5-15(11-33)20(14)30-22-31-21-18(36-12-24(26,27)28)6-7-19(23(2,3)35)34(21)32-22/h6-9,14-15,20,35H,4-5,10-12H2,1-3H3,(H,30,32)/t14-,15+,20-. The van der Waals surface area contributed by atoms with Crippen LogP contribution in [0.2, 0.25) is 0 Å². The molecule has 0 radical (unpaired) electrons. The minimum atomic E-state index is -4.51. The molecule has 0 unspecified atom stereocenters. The van der Waals surface area contributed by atoms with Crippen LogP contribution in [0.3, 0.4) is 0 Å². The molecule has 2 fully saturated rings. The van der Waals surface area contributed by atoms with Gasteiger partial charge in [0.1, 0.15) is 5.60 Å². The van der Waals surface area contributed by atoms with Crippen LogP contribution in [0.1, 0.15) is 38.1 Å². The SMILES string of the molecule is Cc1cc(N2C[C@H]3CC[C@@H](C2)[C@@H]3Nc2nc3c(OCC(F)(F)F)ccc(C(C)(C)O)n3n2)c(F)cn1. The van der Waals surface area contributed by atoms with E-state index in [9.17, 15) is 22.7 Å². The molecule has 1 saturated heterocycles. The Balaban J connectivity index is 1.41. The average molecular weight is 509 g/mol. The van der Waals surface area contributed by atoms with Gasteiger partial charge >= 0.3 is 6.18 Å². The number of anilines is 2. The maximum atomic E-state index is 14.5. The second-order valence-corrected chi connectivity index (χ2v) is 10.2. The molecule has 0 spiro atoms. The van der Waals surface area contributed by atoms with E-state index in [0.717, 1.165) is 18.5 Å². The van der Waals surface area contributed by atoms with Crippen molar-refractivity contribution < 1.29 is 27.4 Å². The molecule has 1 aliphatic heterocycles. The van der Waals surface area contributed by atoms with Gasteiger partial charge in [0.25, 0.3) is 0 Å². The van der Waals surface area contributed by atoms with E-state index in [0.29, 0.717) is 24.5 Å². The number of fused-ring (bicyclic) bond motifs is 3. The van der Waals surface area contributed by atoms with Gasteiger partial charge in [0.15, 0.2) is 23.8 Å². The summed E-state index contributed by atoms with van der Waals surface area (Å²) < 4.78 is 59.1. The number of ether oxygens (including phenoxy) is 1. The Morgan fingerprint density at radius 1 is 1.17 bits per heavy atom. The van der Waals surface area contributed by atoms with Crippen molar-refractivity contribution in [3.63, 3.8) is 0 Å². The number of aromatic nitrogens is 4. The summed E-state index contributed by atoms with van der Waals surface area (Å²) in [7, 11) is 0. The normalized spacial score (nSPS) is 22.3. The molecular formula is C24H28F4N6O2. The third kappa shape index (κ3) is 4.78. The molecule has 8 nitrogen and oxygen atoms in total. The largest absolute Gasteiger partial charge is 0.480 e. The first-order valence-electron chi connectivity index (χ1n) is 11.8. The minimum Gasteiger partial charge on any atom is -0.480 e. The molecule has 194 valence electrons. The highest BCUT2D eigenvalue weighted by Crippen LogP contribution is 2.41. The maximum absolute atomic E-state index is 14.5. The van der Waals surface area contributed by atoms with Crippen molar-refractivity contribution in [2.75, 3.05) is 29.9 Å². The van der Waals surface area contributed by atoms with E-state index in [-0.39, 0.29) is 41.0 Å². The summed E-state index contributed by atoms with van der Waals surface area (Å²) in [6.07, 6.45) is -1.36. The van der Waals surface area contributed by atoms with Crippen LogP contribution in [-0.4, -0.2) is 56.6 Å². The highest BCUT2D eigenvalue weighted by molar-refractivity contribution is 5.58. The summed E-state index contributed by atoms with van der Waals surface area (Å²) in [5.74, 6) is 0.224. The van der Waals surface area contributed by atoms with Crippen molar-refractivity contribution in [1.82, 2.24) is 19.6 Å². The van der Waals surface area contributed by atoms with Crippen LogP contribution in [0.4, 0.5) is 29.2 Å². The Morgan fingerprint density at radius 2 is 1.86 bits per heavy atom. The van der Waals surface area contributed by atoms with Crippen LogP contribution < -0.4 is 15.0 Å². The summed E-state index contributed by atoms with van der Waals surface area (Å²) in [6.45, 7) is 4.78. The van der Waals surface area contributed by atoms with Crippen LogP contribution >= 0.6 is 0 Å². The molecule has 0 aromatic carbocycles. The first-order chi connectivity index (χ1) is 16.9. The number of aryl methyl sites for hydroxylation is 1. The predicted molar refractivity (Wildman–Crippen MR) is 125 cm³/mol. The van der Waals surface area contributed by atoms with Crippen molar-refractivity contribution in [2.45, 2.75) is 51.4 Å². The van der Waals surface area contributed by atoms with E-state index in [1.165, 1.54) is 22.8 Å². The Hall–Kier alpha value is -3.15. The van der Waals surface area contributed by atoms with E-state index in [1.807, 2.05) is 6.92 Å². The van der Waals surface area contributed by atoms with E-state index in [4.69, 9.17) is 4.74 Å². The lowest BCUT2D eigenvalue weighted by Gasteiger charge is -2.39. The fourth-order valence-corrected chi connectivity index (χ4v) is 5.31. The quantitative estimate of drug-likeness (QED) is 0.486. The Kier molecular flexibility index (Phi) is 5.97. The molecule has 2 N–H and O–H groups in total. The number of aliphatic hydroxyl groups is 1. The molecular weight excluding hydrogens is 480 g/mol. The Bertz CT molecular complexity index is 1260. The maximum Gasteiger partial charge on any atom is 0.422 e. The first kappa shape index (κ1) is 24.5. The van der Waals surface area contributed by atoms with E-state index in [2.05, 4.69) is 25.3 Å². The molecule has 0 amide bonds. The molecule has 1 aliphatic carbocycles. The lowest BCUT2D eigenvalue weighted by atomic mass is 9.92. The van der Waals surface area contributed by atoms with Gasteiger partial charge in [-0.05, 0) is 63.6 Å². The number of pyridine rings is 2. The van der Waals surface area contributed by atoms with Gasteiger partial charge in [0.2, 0.25) is 5.95 Å².